The summed E-state index contributed by atoms with van der Waals surface area (Å²) in [4.78, 5) is 12.5. The molecule has 0 aromatic heterocycles. The second-order valence-electron chi connectivity index (χ2n) is 20.4. The van der Waals surface area contributed by atoms with Gasteiger partial charge in [0.2, 0.25) is 5.91 Å². The molecule has 0 aliphatic heterocycles. The highest BCUT2D eigenvalue weighted by Gasteiger charge is 2.18. The normalized spacial score (nSPS) is 12.9. The van der Waals surface area contributed by atoms with E-state index in [0.29, 0.717) is 6.42 Å². The Kier molecular flexibility index (Phi) is 55.2. The van der Waals surface area contributed by atoms with Gasteiger partial charge in [-0.25, -0.2) is 0 Å². The van der Waals surface area contributed by atoms with E-state index in [9.17, 15) is 15.0 Å². The summed E-state index contributed by atoms with van der Waals surface area (Å²) in [6, 6.07) is -0.620. The minimum atomic E-state index is -0.838. The lowest BCUT2D eigenvalue weighted by Gasteiger charge is -2.20. The second kappa shape index (κ2) is 56.2. The maximum Gasteiger partial charge on any atom is 0.220 e. The van der Waals surface area contributed by atoms with Gasteiger partial charge in [-0.3, -0.25) is 4.79 Å². The Morgan fingerprint density at radius 2 is 0.594 bits per heavy atom. The van der Waals surface area contributed by atoms with E-state index < -0.39 is 12.1 Å². The van der Waals surface area contributed by atoms with Gasteiger partial charge in [0.15, 0.2) is 0 Å². The van der Waals surface area contributed by atoms with E-state index >= 15 is 0 Å². The molecule has 0 aliphatic carbocycles. The fourth-order valence-corrected chi connectivity index (χ4v) is 9.41. The molecule has 2 unspecified atom stereocenters. The lowest BCUT2D eigenvalue weighted by atomic mass is 10.0. The summed E-state index contributed by atoms with van der Waals surface area (Å²) < 4.78 is 0. The highest BCUT2D eigenvalue weighted by molar-refractivity contribution is 5.76. The molecule has 0 aromatic rings. The largest absolute Gasteiger partial charge is 0.394 e. The first-order chi connectivity index (χ1) is 31.7. The van der Waals surface area contributed by atoms with Crippen LogP contribution in [0.25, 0.3) is 0 Å². The molecule has 0 aromatic carbocycles. The van der Waals surface area contributed by atoms with Crippen molar-refractivity contribution in [1.82, 2.24) is 5.32 Å². The third-order valence-corrected chi connectivity index (χ3v) is 13.9. The third kappa shape index (κ3) is 51.8. The Labute approximate surface area is 402 Å². The number of aliphatic hydroxyl groups excluding tert-OH is 2. The van der Waals surface area contributed by atoms with E-state index in [1.807, 2.05) is 6.08 Å². The molecule has 0 heterocycles. The number of allylic oxidation sites excluding steroid dienone is 3. The monoisotopic (exact) mass is 900 g/mol. The van der Waals surface area contributed by atoms with E-state index in [4.69, 9.17) is 0 Å². The van der Waals surface area contributed by atoms with Crippen molar-refractivity contribution in [3.8, 4) is 0 Å². The lowest BCUT2D eigenvalue weighted by molar-refractivity contribution is -0.123. The molecule has 2 atom stereocenters. The Hall–Kier alpha value is -1.13. The Bertz CT molecular complexity index is 932. The number of hydrogen-bond acceptors (Lipinski definition) is 3. The summed E-state index contributed by atoms with van der Waals surface area (Å²) in [6.45, 7) is 4.35. The number of carbonyl (C=O) groups excluding carboxylic acids is 1. The van der Waals surface area contributed by atoms with Crippen LogP contribution in [-0.2, 0) is 4.79 Å². The fraction of sp³-hybridized carbons (Fsp3) is 0.917. The molecule has 3 N–H and O–H groups in total. The predicted molar refractivity (Wildman–Crippen MR) is 286 cm³/mol. The maximum absolute atomic E-state index is 12.5. The van der Waals surface area contributed by atoms with Gasteiger partial charge in [0.1, 0.15) is 0 Å². The van der Waals surface area contributed by atoms with Gasteiger partial charge >= 0.3 is 0 Å². The minimum absolute atomic E-state index is 0.0575. The topological polar surface area (TPSA) is 69.6 Å². The quantitative estimate of drug-likeness (QED) is 0.0421. The molecule has 0 rings (SSSR count). The molecular weight excluding hydrogens is 783 g/mol. The molecule has 0 fully saturated rings. The lowest BCUT2D eigenvalue weighted by Crippen LogP contribution is -2.45. The zero-order valence-corrected chi connectivity index (χ0v) is 43.8. The number of aliphatic hydroxyl groups is 2. The minimum Gasteiger partial charge on any atom is -0.394 e. The summed E-state index contributed by atoms with van der Waals surface area (Å²) in [6.07, 6.45) is 75.0. The van der Waals surface area contributed by atoms with Crippen molar-refractivity contribution in [2.45, 2.75) is 347 Å². The van der Waals surface area contributed by atoms with Crippen LogP contribution < -0.4 is 5.32 Å². The molecule has 0 spiro atoms. The van der Waals surface area contributed by atoms with Gasteiger partial charge < -0.3 is 15.5 Å². The van der Waals surface area contributed by atoms with Gasteiger partial charge in [-0.2, -0.15) is 0 Å². The smallest absolute Gasteiger partial charge is 0.220 e. The van der Waals surface area contributed by atoms with Gasteiger partial charge in [-0.15, -0.1) is 0 Å². The van der Waals surface area contributed by atoms with Crippen LogP contribution in [0.4, 0.5) is 0 Å². The highest BCUT2D eigenvalue weighted by Crippen LogP contribution is 2.18. The third-order valence-electron chi connectivity index (χ3n) is 13.9. The summed E-state index contributed by atoms with van der Waals surface area (Å²) in [5.74, 6) is -0.0575. The van der Waals surface area contributed by atoms with Crippen molar-refractivity contribution in [2.75, 3.05) is 6.61 Å². The van der Waals surface area contributed by atoms with Gasteiger partial charge in [-0.05, 0) is 44.9 Å². The van der Waals surface area contributed by atoms with E-state index in [1.54, 1.807) is 6.08 Å². The Morgan fingerprint density at radius 1 is 0.359 bits per heavy atom. The summed E-state index contributed by atoms with van der Waals surface area (Å²) >= 11 is 0. The van der Waals surface area contributed by atoms with E-state index in [1.165, 1.54) is 289 Å². The molecule has 380 valence electrons. The highest BCUT2D eigenvalue weighted by atomic mass is 16.3. The van der Waals surface area contributed by atoms with Gasteiger partial charge in [0.25, 0.3) is 0 Å². The van der Waals surface area contributed by atoms with Crippen molar-refractivity contribution in [3.05, 3.63) is 24.3 Å². The zero-order valence-electron chi connectivity index (χ0n) is 43.8. The average molecular weight is 901 g/mol. The second-order valence-corrected chi connectivity index (χ2v) is 20.4. The first kappa shape index (κ1) is 62.9. The first-order valence-electron chi connectivity index (χ1n) is 29.6. The summed E-state index contributed by atoms with van der Waals surface area (Å²) in [7, 11) is 0. The number of rotatable bonds is 55. The molecule has 0 saturated heterocycles. The van der Waals surface area contributed by atoms with Crippen LogP contribution in [0.5, 0.6) is 0 Å². The summed E-state index contributed by atoms with van der Waals surface area (Å²) in [5, 5.41) is 23.2. The van der Waals surface area contributed by atoms with Crippen molar-refractivity contribution < 1.29 is 15.0 Å². The fourth-order valence-electron chi connectivity index (χ4n) is 9.41. The number of unbranched alkanes of at least 4 members (excludes halogenated alkanes) is 46. The molecule has 4 heteroatoms. The van der Waals surface area contributed by atoms with Crippen molar-refractivity contribution in [1.29, 1.82) is 0 Å². The molecular formula is C60H117NO3. The molecule has 0 aliphatic rings. The van der Waals surface area contributed by atoms with E-state index in [0.717, 1.165) is 25.7 Å². The van der Waals surface area contributed by atoms with Crippen LogP contribution in [0.1, 0.15) is 335 Å². The number of nitrogens with one attached hydrogen (secondary N) is 1. The van der Waals surface area contributed by atoms with Crippen LogP contribution >= 0.6 is 0 Å². The predicted octanol–water partition coefficient (Wildman–Crippen LogP) is 19.5. The molecule has 1 amide bonds. The zero-order chi connectivity index (χ0) is 46.3. The van der Waals surface area contributed by atoms with Crippen molar-refractivity contribution in [2.24, 2.45) is 0 Å². The Morgan fingerprint density at radius 3 is 0.859 bits per heavy atom. The first-order valence-corrected chi connectivity index (χ1v) is 29.6. The van der Waals surface area contributed by atoms with Crippen molar-refractivity contribution in [3.63, 3.8) is 0 Å². The molecule has 0 bridgehead atoms. The van der Waals surface area contributed by atoms with Gasteiger partial charge in [0.05, 0.1) is 18.8 Å². The van der Waals surface area contributed by atoms with Crippen LogP contribution in [0, 0.1) is 0 Å². The average Bonchev–Trinajstić information content (AvgIpc) is 3.30. The molecule has 64 heavy (non-hydrogen) atoms. The van der Waals surface area contributed by atoms with E-state index in [-0.39, 0.29) is 12.5 Å². The number of hydrogen-bond donors (Lipinski definition) is 3. The van der Waals surface area contributed by atoms with Crippen LogP contribution in [0.2, 0.25) is 0 Å². The van der Waals surface area contributed by atoms with Crippen LogP contribution in [0.3, 0.4) is 0 Å². The van der Waals surface area contributed by atoms with Crippen LogP contribution in [0.15, 0.2) is 24.3 Å². The Balaban J connectivity index is 3.44. The molecule has 0 saturated carbocycles. The van der Waals surface area contributed by atoms with E-state index in [2.05, 4.69) is 31.3 Å². The number of carbonyl (C=O) groups is 1. The van der Waals surface area contributed by atoms with Crippen LogP contribution in [-0.4, -0.2) is 34.9 Å². The molecule has 4 nitrogen and oxygen atoms in total. The standard InChI is InChI=1S/C60H117NO3/c1-3-5-7-9-11-13-15-17-19-21-23-25-26-27-28-29-30-31-32-33-34-36-38-40-42-44-46-48-50-52-54-56-60(64)61-58(57-62)59(63)55-53-51-49-47-45-43-41-39-37-35-24-22-20-18-16-14-12-10-8-6-4-2/h27-28,53,55,58-59,62-63H,3-26,29-52,54,56-57H2,1-2H3,(H,61,64)/b28-27-,55-53+. The molecule has 0 radical (unpaired) electrons. The van der Waals surface area contributed by atoms with Crippen molar-refractivity contribution >= 4 is 5.91 Å². The number of amides is 1. The van der Waals surface area contributed by atoms with Gasteiger partial charge in [0, 0.05) is 6.42 Å². The summed E-state index contributed by atoms with van der Waals surface area (Å²) in [5.41, 5.74) is 0. The SMILES string of the molecule is CCCCCCCCCCCCCC/C=C\CCCCCCCCCCCCCCCCCC(=O)NC(CO)C(O)/C=C/CCCCCCCCCCCCCCCCCCCCC. The maximum atomic E-state index is 12.5. The van der Waals surface area contributed by atoms with Gasteiger partial charge in [-0.1, -0.05) is 308 Å².